The van der Waals surface area contributed by atoms with Crippen LogP contribution in [0.1, 0.15) is 27.7 Å². The smallest absolute Gasteiger partial charge is 0.257 e. The molecule has 0 amide bonds. The molecule has 0 spiro atoms. The molecular weight excluding hydrogens is 254 g/mol. The summed E-state index contributed by atoms with van der Waals surface area (Å²) in [4.78, 5) is 12.5. The topological polar surface area (TPSA) is 94.5 Å². The Hall–Kier alpha value is -2.18. The lowest BCUT2D eigenvalue weighted by molar-refractivity contribution is 0.274. The van der Waals surface area contributed by atoms with Crippen molar-refractivity contribution in [1.82, 2.24) is 24.7 Å². The van der Waals surface area contributed by atoms with Crippen LogP contribution in [0.4, 0.5) is 11.9 Å². The molecule has 108 valence electrons. The summed E-state index contributed by atoms with van der Waals surface area (Å²) in [5.41, 5.74) is 5.93. The number of aromatic nitrogens is 5. The monoisotopic (exact) mass is 275 g/mol. The van der Waals surface area contributed by atoms with Gasteiger partial charge < -0.3 is 11.1 Å². The van der Waals surface area contributed by atoms with E-state index < -0.39 is 0 Å². The van der Waals surface area contributed by atoms with Gasteiger partial charge in [0, 0.05) is 18.9 Å². The van der Waals surface area contributed by atoms with Crippen molar-refractivity contribution in [2.24, 2.45) is 11.3 Å². The van der Waals surface area contributed by atoms with Gasteiger partial charge in [0.2, 0.25) is 11.9 Å². The van der Waals surface area contributed by atoms with Crippen molar-refractivity contribution in [2.75, 3.05) is 17.6 Å². The van der Waals surface area contributed by atoms with Gasteiger partial charge in [-0.15, -0.1) is 0 Å². The number of rotatable bonds is 4. The van der Waals surface area contributed by atoms with Crippen LogP contribution in [-0.2, 0) is 0 Å². The first kappa shape index (κ1) is 14.2. The molecule has 0 saturated carbocycles. The van der Waals surface area contributed by atoms with E-state index in [9.17, 15) is 0 Å². The van der Waals surface area contributed by atoms with Crippen LogP contribution >= 0.6 is 0 Å². The number of hydrogen-bond acceptors (Lipinski definition) is 6. The van der Waals surface area contributed by atoms with Crippen molar-refractivity contribution in [1.29, 1.82) is 0 Å². The van der Waals surface area contributed by atoms with E-state index >= 15 is 0 Å². The summed E-state index contributed by atoms with van der Waals surface area (Å²) in [6, 6.07) is 1.80. The third kappa shape index (κ3) is 3.43. The zero-order valence-corrected chi connectivity index (χ0v) is 12.3. The van der Waals surface area contributed by atoms with Gasteiger partial charge in [-0.2, -0.15) is 20.1 Å². The maximum Gasteiger partial charge on any atom is 0.257 e. The Morgan fingerprint density at radius 2 is 2.05 bits per heavy atom. The fourth-order valence-electron chi connectivity index (χ4n) is 1.50. The van der Waals surface area contributed by atoms with Gasteiger partial charge in [0.1, 0.15) is 0 Å². The minimum Gasteiger partial charge on any atom is -0.368 e. The largest absolute Gasteiger partial charge is 0.368 e. The Kier molecular flexibility index (Phi) is 3.87. The van der Waals surface area contributed by atoms with Crippen LogP contribution in [0.2, 0.25) is 0 Å². The zero-order valence-electron chi connectivity index (χ0n) is 12.3. The number of anilines is 2. The predicted molar refractivity (Wildman–Crippen MR) is 78.5 cm³/mol. The molecule has 2 aromatic heterocycles. The average Bonchev–Trinajstić information content (AvgIpc) is 2.88. The molecule has 20 heavy (non-hydrogen) atoms. The Morgan fingerprint density at radius 3 is 2.65 bits per heavy atom. The van der Waals surface area contributed by atoms with Crippen molar-refractivity contribution in [3.05, 3.63) is 18.5 Å². The van der Waals surface area contributed by atoms with E-state index in [0.29, 0.717) is 17.8 Å². The minimum atomic E-state index is 0.177. The molecule has 0 bridgehead atoms. The van der Waals surface area contributed by atoms with E-state index in [0.717, 1.165) is 6.54 Å². The van der Waals surface area contributed by atoms with Gasteiger partial charge in [-0.05, 0) is 17.4 Å². The van der Waals surface area contributed by atoms with Crippen LogP contribution in [0, 0.1) is 11.3 Å². The van der Waals surface area contributed by atoms with Gasteiger partial charge in [-0.25, -0.2) is 4.68 Å². The lowest BCUT2D eigenvalue weighted by Crippen LogP contribution is -2.25. The molecular formula is C13H21N7. The Balaban J connectivity index is 2.13. The van der Waals surface area contributed by atoms with Crippen LogP contribution in [0.25, 0.3) is 5.95 Å². The number of nitrogens with two attached hydrogens (primary N) is 1. The molecule has 0 aromatic carbocycles. The minimum absolute atomic E-state index is 0.177. The second-order valence-corrected chi connectivity index (χ2v) is 5.92. The molecule has 0 radical (unpaired) electrons. The zero-order chi connectivity index (χ0) is 14.8. The molecule has 0 aliphatic rings. The maximum absolute atomic E-state index is 5.71. The van der Waals surface area contributed by atoms with Gasteiger partial charge >= 0.3 is 0 Å². The second-order valence-electron chi connectivity index (χ2n) is 5.92. The van der Waals surface area contributed by atoms with Crippen LogP contribution in [-0.4, -0.2) is 31.3 Å². The Bertz CT molecular complexity index is 557. The summed E-state index contributed by atoms with van der Waals surface area (Å²) >= 11 is 0. The molecule has 0 aliphatic heterocycles. The number of nitrogen functional groups attached to an aromatic ring is 1. The quantitative estimate of drug-likeness (QED) is 0.882. The van der Waals surface area contributed by atoms with Gasteiger partial charge in [0.25, 0.3) is 5.95 Å². The molecule has 0 aliphatic carbocycles. The predicted octanol–water partition coefficient (Wildman–Crippen LogP) is 1.73. The highest BCUT2D eigenvalue weighted by atomic mass is 15.4. The van der Waals surface area contributed by atoms with Crippen molar-refractivity contribution in [2.45, 2.75) is 27.7 Å². The molecule has 2 aromatic rings. The molecule has 7 heteroatoms. The normalized spacial score (nSPS) is 13.2. The van der Waals surface area contributed by atoms with Gasteiger partial charge in [0.15, 0.2) is 0 Å². The number of nitrogens with one attached hydrogen (secondary N) is 1. The average molecular weight is 275 g/mol. The first-order valence-corrected chi connectivity index (χ1v) is 6.61. The summed E-state index contributed by atoms with van der Waals surface area (Å²) in [6.45, 7) is 9.57. The van der Waals surface area contributed by atoms with E-state index in [1.807, 2.05) is 0 Å². The van der Waals surface area contributed by atoms with Crippen molar-refractivity contribution in [3.8, 4) is 5.95 Å². The standard InChI is InChI=1S/C13H21N7/c1-9(13(2,3)4)8-15-11-17-10(14)18-12(19-11)20-7-5-6-16-20/h5-7,9H,8H2,1-4H3,(H3,14,15,17,18,19). The van der Waals surface area contributed by atoms with Crippen LogP contribution in [0.15, 0.2) is 18.5 Å². The SMILES string of the molecule is CC(CNc1nc(N)nc(-n2cccn2)n1)C(C)(C)C. The highest BCUT2D eigenvalue weighted by Crippen LogP contribution is 2.25. The molecule has 0 fully saturated rings. The fourth-order valence-corrected chi connectivity index (χ4v) is 1.50. The molecule has 2 rings (SSSR count). The summed E-state index contributed by atoms with van der Waals surface area (Å²) in [5, 5.41) is 7.29. The van der Waals surface area contributed by atoms with E-state index in [1.165, 1.54) is 0 Å². The van der Waals surface area contributed by atoms with E-state index in [2.05, 4.69) is 53.1 Å². The Morgan fingerprint density at radius 1 is 1.30 bits per heavy atom. The highest BCUT2D eigenvalue weighted by Gasteiger charge is 2.20. The molecule has 1 unspecified atom stereocenters. The fraction of sp³-hybridized carbons (Fsp3) is 0.538. The summed E-state index contributed by atoms with van der Waals surface area (Å²) in [6.07, 6.45) is 3.42. The van der Waals surface area contributed by atoms with Crippen molar-refractivity contribution < 1.29 is 0 Å². The summed E-state index contributed by atoms with van der Waals surface area (Å²) in [5.74, 6) is 1.53. The van der Waals surface area contributed by atoms with E-state index in [-0.39, 0.29) is 11.4 Å². The molecule has 7 nitrogen and oxygen atoms in total. The van der Waals surface area contributed by atoms with E-state index in [4.69, 9.17) is 5.73 Å². The molecule has 1 atom stereocenters. The Labute approximate surface area is 118 Å². The van der Waals surface area contributed by atoms with Crippen LogP contribution < -0.4 is 11.1 Å². The van der Waals surface area contributed by atoms with Gasteiger partial charge in [-0.1, -0.05) is 27.7 Å². The first-order chi connectivity index (χ1) is 9.36. The third-order valence-corrected chi connectivity index (χ3v) is 3.39. The lowest BCUT2D eigenvalue weighted by Gasteiger charge is -2.27. The van der Waals surface area contributed by atoms with Gasteiger partial charge in [0.05, 0.1) is 0 Å². The summed E-state index contributed by atoms with van der Waals surface area (Å²) < 4.78 is 1.55. The number of nitrogens with zero attached hydrogens (tertiary/aromatic N) is 5. The maximum atomic E-state index is 5.71. The first-order valence-electron chi connectivity index (χ1n) is 6.61. The summed E-state index contributed by atoms with van der Waals surface area (Å²) in [7, 11) is 0. The number of hydrogen-bond donors (Lipinski definition) is 2. The van der Waals surface area contributed by atoms with Crippen molar-refractivity contribution in [3.63, 3.8) is 0 Å². The van der Waals surface area contributed by atoms with Crippen LogP contribution in [0.3, 0.4) is 0 Å². The highest BCUT2D eigenvalue weighted by molar-refractivity contribution is 5.34. The van der Waals surface area contributed by atoms with Crippen molar-refractivity contribution >= 4 is 11.9 Å². The lowest BCUT2D eigenvalue weighted by atomic mass is 9.82. The van der Waals surface area contributed by atoms with Gasteiger partial charge in [-0.3, -0.25) is 0 Å². The third-order valence-electron chi connectivity index (χ3n) is 3.39. The van der Waals surface area contributed by atoms with Crippen LogP contribution in [0.5, 0.6) is 0 Å². The van der Waals surface area contributed by atoms with E-state index in [1.54, 1.807) is 23.1 Å². The molecule has 3 N–H and O–H groups in total. The second kappa shape index (κ2) is 5.44. The molecule has 0 saturated heterocycles. The molecule has 2 heterocycles.